The number of furan rings is 1. The standard InChI is InChI=1S/C14H19N3O4/c1-2-5-15-12(18)14(20)17-8-6-16(7-9-17)13(19)11-4-3-10-21-11/h3-4,10H,2,5-9H2,1H3,(H,15,18). The Labute approximate surface area is 122 Å². The van der Waals surface area contributed by atoms with Gasteiger partial charge in [0, 0.05) is 32.7 Å². The molecule has 1 aliphatic heterocycles. The van der Waals surface area contributed by atoms with E-state index < -0.39 is 11.8 Å². The lowest BCUT2D eigenvalue weighted by atomic mass is 10.2. The Bertz CT molecular complexity index is 504. The van der Waals surface area contributed by atoms with Gasteiger partial charge in [0.15, 0.2) is 5.76 Å². The molecule has 7 heteroatoms. The van der Waals surface area contributed by atoms with Gasteiger partial charge in [-0.3, -0.25) is 14.4 Å². The van der Waals surface area contributed by atoms with Crippen molar-refractivity contribution >= 4 is 17.7 Å². The van der Waals surface area contributed by atoms with Crippen molar-refractivity contribution < 1.29 is 18.8 Å². The first-order chi connectivity index (χ1) is 10.1. The second-order valence-electron chi connectivity index (χ2n) is 4.82. The molecule has 1 aromatic rings. The molecule has 3 amide bonds. The molecule has 114 valence electrons. The number of nitrogens with one attached hydrogen (secondary N) is 1. The van der Waals surface area contributed by atoms with Crippen LogP contribution in [0.15, 0.2) is 22.8 Å². The van der Waals surface area contributed by atoms with Crippen LogP contribution in [-0.2, 0) is 9.59 Å². The molecule has 0 aliphatic carbocycles. The van der Waals surface area contributed by atoms with E-state index >= 15 is 0 Å². The molecule has 1 N–H and O–H groups in total. The molecule has 0 spiro atoms. The van der Waals surface area contributed by atoms with Crippen LogP contribution >= 0.6 is 0 Å². The zero-order valence-electron chi connectivity index (χ0n) is 12.0. The Morgan fingerprint density at radius 3 is 2.43 bits per heavy atom. The molecule has 0 unspecified atom stereocenters. The fourth-order valence-electron chi connectivity index (χ4n) is 2.13. The van der Waals surface area contributed by atoms with Gasteiger partial charge in [-0.2, -0.15) is 0 Å². The van der Waals surface area contributed by atoms with Crippen LogP contribution in [-0.4, -0.2) is 60.2 Å². The fourth-order valence-corrected chi connectivity index (χ4v) is 2.13. The number of piperazine rings is 1. The van der Waals surface area contributed by atoms with Gasteiger partial charge in [-0.05, 0) is 18.6 Å². The molecular weight excluding hydrogens is 274 g/mol. The molecule has 2 rings (SSSR count). The summed E-state index contributed by atoms with van der Waals surface area (Å²) in [6, 6.07) is 3.27. The Morgan fingerprint density at radius 2 is 1.86 bits per heavy atom. The van der Waals surface area contributed by atoms with Crippen molar-refractivity contribution in [1.29, 1.82) is 0 Å². The zero-order valence-corrected chi connectivity index (χ0v) is 12.0. The predicted molar refractivity (Wildman–Crippen MR) is 74.5 cm³/mol. The molecule has 0 radical (unpaired) electrons. The first-order valence-corrected chi connectivity index (χ1v) is 7.03. The Hall–Kier alpha value is -2.31. The van der Waals surface area contributed by atoms with E-state index in [0.717, 1.165) is 6.42 Å². The first-order valence-electron chi connectivity index (χ1n) is 7.03. The first kappa shape index (κ1) is 15.1. The zero-order chi connectivity index (χ0) is 15.2. The summed E-state index contributed by atoms with van der Waals surface area (Å²) in [6.07, 6.45) is 2.23. The van der Waals surface area contributed by atoms with Crippen molar-refractivity contribution in [2.24, 2.45) is 0 Å². The maximum atomic E-state index is 12.1. The van der Waals surface area contributed by atoms with Crippen LogP contribution in [0.4, 0.5) is 0 Å². The maximum Gasteiger partial charge on any atom is 0.312 e. The normalized spacial score (nSPS) is 14.9. The van der Waals surface area contributed by atoms with Gasteiger partial charge in [0.05, 0.1) is 6.26 Å². The third kappa shape index (κ3) is 3.62. The summed E-state index contributed by atoms with van der Waals surface area (Å²) in [5.41, 5.74) is 0. The lowest BCUT2D eigenvalue weighted by Gasteiger charge is -2.33. The van der Waals surface area contributed by atoms with Crippen molar-refractivity contribution in [2.45, 2.75) is 13.3 Å². The highest BCUT2D eigenvalue weighted by atomic mass is 16.3. The van der Waals surface area contributed by atoms with Crippen LogP contribution in [0.2, 0.25) is 0 Å². The average Bonchev–Trinajstić information content (AvgIpc) is 3.05. The van der Waals surface area contributed by atoms with E-state index in [1.165, 1.54) is 11.2 Å². The van der Waals surface area contributed by atoms with Gasteiger partial charge >= 0.3 is 11.8 Å². The van der Waals surface area contributed by atoms with E-state index in [2.05, 4.69) is 5.32 Å². The smallest absolute Gasteiger partial charge is 0.312 e. The third-order valence-corrected chi connectivity index (χ3v) is 3.32. The second-order valence-corrected chi connectivity index (χ2v) is 4.82. The number of rotatable bonds is 3. The van der Waals surface area contributed by atoms with Gasteiger partial charge < -0.3 is 19.5 Å². The van der Waals surface area contributed by atoms with Gasteiger partial charge in [0.25, 0.3) is 5.91 Å². The summed E-state index contributed by atoms with van der Waals surface area (Å²) in [7, 11) is 0. The third-order valence-electron chi connectivity index (χ3n) is 3.32. The maximum absolute atomic E-state index is 12.1. The summed E-state index contributed by atoms with van der Waals surface area (Å²) < 4.78 is 5.07. The van der Waals surface area contributed by atoms with Crippen molar-refractivity contribution in [3.05, 3.63) is 24.2 Å². The van der Waals surface area contributed by atoms with E-state index in [1.807, 2.05) is 6.92 Å². The van der Waals surface area contributed by atoms with Gasteiger partial charge in [0.1, 0.15) is 0 Å². The fraction of sp³-hybridized carbons (Fsp3) is 0.500. The Balaban J connectivity index is 1.84. The summed E-state index contributed by atoms with van der Waals surface area (Å²) in [6.45, 7) is 3.90. The Morgan fingerprint density at radius 1 is 1.19 bits per heavy atom. The van der Waals surface area contributed by atoms with Crippen molar-refractivity contribution in [3.63, 3.8) is 0 Å². The molecule has 1 fully saturated rings. The van der Waals surface area contributed by atoms with Gasteiger partial charge in [-0.25, -0.2) is 0 Å². The van der Waals surface area contributed by atoms with Crippen molar-refractivity contribution in [1.82, 2.24) is 15.1 Å². The largest absolute Gasteiger partial charge is 0.459 e. The number of carbonyl (C=O) groups is 3. The van der Waals surface area contributed by atoms with Crippen LogP contribution in [0.25, 0.3) is 0 Å². The van der Waals surface area contributed by atoms with Crippen LogP contribution in [0.3, 0.4) is 0 Å². The number of nitrogens with zero attached hydrogens (tertiary/aromatic N) is 2. The second kappa shape index (κ2) is 6.92. The van der Waals surface area contributed by atoms with E-state index in [9.17, 15) is 14.4 Å². The number of amides is 3. The topological polar surface area (TPSA) is 82.9 Å². The Kier molecular flexibility index (Phi) is 4.97. The number of carbonyl (C=O) groups excluding carboxylic acids is 3. The predicted octanol–water partition coefficient (Wildman–Crippen LogP) is 0.0902. The van der Waals surface area contributed by atoms with Crippen molar-refractivity contribution in [2.75, 3.05) is 32.7 Å². The summed E-state index contributed by atoms with van der Waals surface area (Å²) in [5.74, 6) is -1.02. The monoisotopic (exact) mass is 293 g/mol. The molecule has 2 heterocycles. The van der Waals surface area contributed by atoms with Crippen LogP contribution in [0.1, 0.15) is 23.9 Å². The molecule has 0 saturated carbocycles. The lowest BCUT2D eigenvalue weighted by molar-refractivity contribution is -0.146. The molecule has 1 saturated heterocycles. The minimum Gasteiger partial charge on any atom is -0.459 e. The minimum absolute atomic E-state index is 0.192. The van der Waals surface area contributed by atoms with E-state index in [0.29, 0.717) is 32.7 Å². The van der Waals surface area contributed by atoms with Gasteiger partial charge in [0.2, 0.25) is 0 Å². The molecule has 0 atom stereocenters. The highest BCUT2D eigenvalue weighted by Crippen LogP contribution is 2.09. The molecular formula is C14H19N3O4. The van der Waals surface area contributed by atoms with E-state index in [4.69, 9.17) is 4.42 Å². The molecule has 1 aromatic heterocycles. The average molecular weight is 293 g/mol. The quantitative estimate of drug-likeness (QED) is 0.801. The van der Waals surface area contributed by atoms with Gasteiger partial charge in [-0.1, -0.05) is 6.92 Å². The van der Waals surface area contributed by atoms with Gasteiger partial charge in [-0.15, -0.1) is 0 Å². The van der Waals surface area contributed by atoms with Crippen molar-refractivity contribution in [3.8, 4) is 0 Å². The lowest BCUT2D eigenvalue weighted by Crippen LogP contribution is -2.53. The molecule has 7 nitrogen and oxygen atoms in total. The highest BCUT2D eigenvalue weighted by Gasteiger charge is 2.28. The number of hydrogen-bond acceptors (Lipinski definition) is 4. The molecule has 0 bridgehead atoms. The highest BCUT2D eigenvalue weighted by molar-refractivity contribution is 6.35. The molecule has 0 aromatic carbocycles. The molecule has 21 heavy (non-hydrogen) atoms. The summed E-state index contributed by atoms with van der Waals surface area (Å²) in [4.78, 5) is 38.7. The van der Waals surface area contributed by atoms with E-state index in [1.54, 1.807) is 17.0 Å². The molecule has 1 aliphatic rings. The van der Waals surface area contributed by atoms with E-state index in [-0.39, 0.29) is 11.7 Å². The van der Waals surface area contributed by atoms with Crippen LogP contribution in [0, 0.1) is 0 Å². The minimum atomic E-state index is -0.581. The number of hydrogen-bond donors (Lipinski definition) is 1. The van der Waals surface area contributed by atoms with Crippen LogP contribution in [0.5, 0.6) is 0 Å². The van der Waals surface area contributed by atoms with Crippen LogP contribution < -0.4 is 5.32 Å². The summed E-state index contributed by atoms with van der Waals surface area (Å²) >= 11 is 0. The SMILES string of the molecule is CCCNC(=O)C(=O)N1CCN(C(=O)c2ccco2)CC1. The summed E-state index contributed by atoms with van der Waals surface area (Å²) in [5, 5.41) is 2.56.